The molecule has 0 fully saturated rings. The van der Waals surface area contributed by atoms with E-state index >= 15 is 0 Å². The number of rotatable bonds is 0. The highest BCUT2D eigenvalue weighted by Gasteiger charge is 1.57. The summed E-state index contributed by atoms with van der Waals surface area (Å²) < 4.78 is 0. The Bertz CT molecular complexity index is 30.6. The molecule has 0 N–H and O–H groups in total. The van der Waals surface area contributed by atoms with Gasteiger partial charge >= 0.3 is 0 Å². The lowest BCUT2D eigenvalue weighted by Crippen LogP contribution is -1.79. The summed E-state index contributed by atoms with van der Waals surface area (Å²) in [5.41, 5.74) is 0. The quantitative estimate of drug-likeness (QED) is 0.285. The molecule has 4 heteroatoms. The monoisotopic (exact) mass is 75.0 g/mol. The van der Waals surface area contributed by atoms with Crippen LogP contribution in [0.5, 0.6) is 0 Å². The molecule has 0 rings (SSSR count). The van der Waals surface area contributed by atoms with E-state index in [-0.39, 0.29) is 6.15 Å². The van der Waals surface area contributed by atoms with Gasteiger partial charge in [-0.15, -0.1) is 0 Å². The summed E-state index contributed by atoms with van der Waals surface area (Å²) in [6.07, 6.45) is 0. The Morgan fingerprint density at radius 1 is 1.80 bits per heavy atom. The summed E-state index contributed by atoms with van der Waals surface area (Å²) >= 11 is 0. The molecule has 0 atom stereocenters. The van der Waals surface area contributed by atoms with Gasteiger partial charge in [-0.2, -0.15) is 0 Å². The Morgan fingerprint density at radius 3 is 1.80 bits per heavy atom. The van der Waals surface area contributed by atoms with E-state index in [0.717, 1.165) is 7.05 Å². The maximum atomic E-state index is 8.81. The first-order chi connectivity index (χ1) is 1.73. The smallest absolute Gasteiger partial charge is 0.194 e. The van der Waals surface area contributed by atoms with Gasteiger partial charge in [-0.05, 0) is 0 Å². The molecular weight excluding hydrogens is 72.0 g/mol. The fourth-order valence-corrected chi connectivity index (χ4v) is 0. The highest BCUT2D eigenvalue weighted by Crippen LogP contribution is 1.39. The molecule has 0 aromatic carbocycles. The SMILES string of the molecule is C[N+](=O)[O-].[N]. The lowest BCUT2D eigenvalue weighted by molar-refractivity contribution is -0.445. The normalized spacial score (nSPS) is 5.00. The summed E-state index contributed by atoms with van der Waals surface area (Å²) in [6, 6.07) is 0. The van der Waals surface area contributed by atoms with Crippen LogP contribution in [0.25, 0.3) is 0 Å². The predicted octanol–water partition coefficient (Wildman–Crippen LogP) is -0.588. The third kappa shape index (κ3) is 15.2. The minimum absolute atomic E-state index is 0. The summed E-state index contributed by atoms with van der Waals surface area (Å²) in [7, 11) is 0.889. The Morgan fingerprint density at radius 2 is 1.80 bits per heavy atom. The van der Waals surface area contributed by atoms with Crippen molar-refractivity contribution in [2.24, 2.45) is 0 Å². The van der Waals surface area contributed by atoms with Crippen LogP contribution in [0, 0.1) is 10.1 Å². The molecule has 0 saturated heterocycles. The van der Waals surface area contributed by atoms with E-state index in [1.165, 1.54) is 0 Å². The van der Waals surface area contributed by atoms with Crippen molar-refractivity contribution in [1.82, 2.24) is 6.15 Å². The number of hydrogen-bond acceptors (Lipinski definition) is 2. The van der Waals surface area contributed by atoms with Gasteiger partial charge in [0.15, 0.2) is 7.05 Å². The number of hydrogen-bond donors (Lipinski definition) is 0. The Hall–Kier alpha value is -0.640. The van der Waals surface area contributed by atoms with Gasteiger partial charge in [-0.3, -0.25) is 10.1 Å². The molecule has 0 aromatic heterocycles. The minimum Gasteiger partial charge on any atom is -0.265 e. The van der Waals surface area contributed by atoms with Crippen LogP contribution in [0.3, 0.4) is 0 Å². The second kappa shape index (κ2) is 3.36. The second-order valence-electron chi connectivity index (χ2n) is 0.440. The van der Waals surface area contributed by atoms with Crippen molar-refractivity contribution in [3.8, 4) is 0 Å². The van der Waals surface area contributed by atoms with E-state index in [4.69, 9.17) is 10.1 Å². The summed E-state index contributed by atoms with van der Waals surface area (Å²) in [5.74, 6) is 0. The third-order valence-electron chi connectivity index (χ3n) is 0. The average Bonchev–Trinajstić information content (AvgIpc) is 0.811. The van der Waals surface area contributed by atoms with E-state index in [2.05, 4.69) is 0 Å². The van der Waals surface area contributed by atoms with Gasteiger partial charge in [0, 0.05) is 11.1 Å². The van der Waals surface area contributed by atoms with Crippen molar-refractivity contribution in [3.63, 3.8) is 0 Å². The van der Waals surface area contributed by atoms with Crippen molar-refractivity contribution in [2.45, 2.75) is 0 Å². The molecule has 0 amide bonds. The minimum atomic E-state index is -0.500. The lowest BCUT2D eigenvalue weighted by atomic mass is 11.5. The van der Waals surface area contributed by atoms with E-state index in [1.54, 1.807) is 0 Å². The Balaban J connectivity index is 0. The van der Waals surface area contributed by atoms with Crippen LogP contribution in [0.2, 0.25) is 0 Å². The number of nitrogens with zero attached hydrogens (tertiary/aromatic N) is 2. The van der Waals surface area contributed by atoms with Gasteiger partial charge in [-0.25, -0.2) is 0 Å². The molecule has 0 saturated carbocycles. The van der Waals surface area contributed by atoms with Crippen LogP contribution in [0.4, 0.5) is 0 Å². The van der Waals surface area contributed by atoms with Crippen molar-refractivity contribution >= 4 is 0 Å². The van der Waals surface area contributed by atoms with Gasteiger partial charge in [0.1, 0.15) is 0 Å². The molecule has 4 nitrogen and oxygen atoms in total. The van der Waals surface area contributed by atoms with Crippen molar-refractivity contribution in [3.05, 3.63) is 10.1 Å². The van der Waals surface area contributed by atoms with Gasteiger partial charge in [0.05, 0.1) is 0 Å². The second-order valence-corrected chi connectivity index (χ2v) is 0.440. The molecule has 5 heavy (non-hydrogen) atoms. The fraction of sp³-hybridized carbons (Fsp3) is 1.00. The van der Waals surface area contributed by atoms with Crippen molar-refractivity contribution in [2.75, 3.05) is 7.05 Å². The summed E-state index contributed by atoms with van der Waals surface area (Å²) in [6.45, 7) is 0. The van der Waals surface area contributed by atoms with Crippen LogP contribution < -0.4 is 6.15 Å². The molecule has 0 bridgehead atoms. The molecule has 0 aliphatic heterocycles. The average molecular weight is 75.0 g/mol. The zero-order valence-electron chi connectivity index (χ0n) is 2.71. The van der Waals surface area contributed by atoms with E-state index in [1.807, 2.05) is 0 Å². The third-order valence-corrected chi connectivity index (χ3v) is 0. The topological polar surface area (TPSA) is 73.6 Å². The molecule has 0 unspecified atom stereocenters. The van der Waals surface area contributed by atoms with E-state index < -0.39 is 4.92 Å². The molecular formula is CH3N2O2. The molecule has 0 aliphatic rings. The van der Waals surface area contributed by atoms with Crippen LogP contribution in [0.1, 0.15) is 0 Å². The molecule has 0 heterocycles. The van der Waals surface area contributed by atoms with Crippen LogP contribution in [-0.4, -0.2) is 12.0 Å². The largest absolute Gasteiger partial charge is 0.265 e. The molecule has 0 aliphatic carbocycles. The Labute approximate surface area is 29.5 Å². The highest BCUT2D eigenvalue weighted by molar-refractivity contribution is 3.91. The maximum Gasteiger partial charge on any atom is 0.194 e. The van der Waals surface area contributed by atoms with E-state index in [9.17, 15) is 0 Å². The van der Waals surface area contributed by atoms with E-state index in [0.29, 0.717) is 0 Å². The zero-order chi connectivity index (χ0) is 3.58. The molecule has 3 radical (unpaired) electrons. The van der Waals surface area contributed by atoms with Crippen LogP contribution >= 0.6 is 0 Å². The predicted molar refractivity (Wildman–Crippen MR) is 15.1 cm³/mol. The maximum absolute atomic E-state index is 8.81. The number of nitro groups is 1. The molecule has 0 aromatic rings. The Kier molecular flexibility index (Phi) is 5.94. The van der Waals surface area contributed by atoms with Gasteiger partial charge in [0.25, 0.3) is 0 Å². The van der Waals surface area contributed by atoms with Crippen molar-refractivity contribution < 1.29 is 4.92 Å². The first kappa shape index (κ1) is 8.84. The fourth-order valence-electron chi connectivity index (χ4n) is 0. The molecule has 0 spiro atoms. The highest BCUT2D eigenvalue weighted by atomic mass is 16.6. The first-order valence-corrected chi connectivity index (χ1v) is 0.812. The zero-order valence-corrected chi connectivity index (χ0v) is 2.71. The standard InChI is InChI=1S/CH3NO2.N/c1-2(3)4;/h1H3;. The summed E-state index contributed by atoms with van der Waals surface area (Å²) in [5, 5.41) is 8.81. The van der Waals surface area contributed by atoms with Gasteiger partial charge < -0.3 is 0 Å². The van der Waals surface area contributed by atoms with Gasteiger partial charge in [-0.1, -0.05) is 0 Å². The van der Waals surface area contributed by atoms with Crippen molar-refractivity contribution in [1.29, 1.82) is 0 Å². The van der Waals surface area contributed by atoms with Gasteiger partial charge in [0.2, 0.25) is 0 Å². The first-order valence-electron chi connectivity index (χ1n) is 0.812. The van der Waals surface area contributed by atoms with Crippen LogP contribution in [-0.2, 0) is 0 Å². The lowest BCUT2D eigenvalue weighted by Gasteiger charge is -1.63. The summed E-state index contributed by atoms with van der Waals surface area (Å²) in [4.78, 5) is 8.31. The molecule has 29 valence electrons. The van der Waals surface area contributed by atoms with Crippen LogP contribution in [0.15, 0.2) is 0 Å².